The van der Waals surface area contributed by atoms with E-state index in [-0.39, 0.29) is 28.0 Å². The predicted octanol–water partition coefficient (Wildman–Crippen LogP) is 3.89. The fourth-order valence-corrected chi connectivity index (χ4v) is 2.20. The minimum absolute atomic E-state index is 0.0810. The van der Waals surface area contributed by atoms with Crippen molar-refractivity contribution in [2.24, 2.45) is 0 Å². The minimum Gasteiger partial charge on any atom is -0.493 e. The Bertz CT molecular complexity index is 781. The standard InChI is InChI=1S/C15H11Cl2NO6/c1-22-13-5-3-10(18(20)21)7-14(13)24-15(19)8-23-12-4-2-9(16)6-11(12)17/h2-7H,8H2,1H3. The number of ether oxygens (including phenoxy) is 3. The molecule has 0 aliphatic carbocycles. The number of carbonyl (C=O) groups is 1. The monoisotopic (exact) mass is 371 g/mol. The molecule has 0 amide bonds. The van der Waals surface area contributed by atoms with E-state index in [0.29, 0.717) is 5.02 Å². The summed E-state index contributed by atoms with van der Waals surface area (Å²) in [6, 6.07) is 8.18. The van der Waals surface area contributed by atoms with E-state index in [4.69, 9.17) is 37.4 Å². The third kappa shape index (κ3) is 4.50. The highest BCUT2D eigenvalue weighted by molar-refractivity contribution is 6.35. The van der Waals surface area contributed by atoms with Gasteiger partial charge in [0.05, 0.1) is 23.1 Å². The Balaban J connectivity index is 2.06. The van der Waals surface area contributed by atoms with Crippen molar-refractivity contribution in [2.75, 3.05) is 13.7 Å². The maximum absolute atomic E-state index is 11.9. The third-order valence-corrected chi connectivity index (χ3v) is 3.35. The number of hydrogen-bond acceptors (Lipinski definition) is 6. The second kappa shape index (κ2) is 7.85. The van der Waals surface area contributed by atoms with E-state index in [1.807, 2.05) is 0 Å². The molecule has 2 aromatic carbocycles. The van der Waals surface area contributed by atoms with Crippen LogP contribution < -0.4 is 14.2 Å². The van der Waals surface area contributed by atoms with Gasteiger partial charge in [0.25, 0.3) is 5.69 Å². The van der Waals surface area contributed by atoms with Crippen LogP contribution in [0, 0.1) is 10.1 Å². The van der Waals surface area contributed by atoms with Crippen molar-refractivity contribution >= 4 is 34.9 Å². The zero-order chi connectivity index (χ0) is 17.7. The molecule has 0 radical (unpaired) electrons. The van der Waals surface area contributed by atoms with Crippen LogP contribution in [0.25, 0.3) is 0 Å². The first-order chi connectivity index (χ1) is 11.4. The summed E-state index contributed by atoms with van der Waals surface area (Å²) >= 11 is 11.7. The van der Waals surface area contributed by atoms with Crippen LogP contribution in [-0.2, 0) is 4.79 Å². The molecule has 0 fully saturated rings. The first kappa shape index (κ1) is 17.8. The molecule has 2 rings (SSSR count). The van der Waals surface area contributed by atoms with Gasteiger partial charge in [-0.2, -0.15) is 0 Å². The highest BCUT2D eigenvalue weighted by Gasteiger charge is 2.16. The van der Waals surface area contributed by atoms with E-state index >= 15 is 0 Å². The average molecular weight is 372 g/mol. The second-order valence-corrected chi connectivity index (χ2v) is 5.27. The number of esters is 1. The molecule has 0 heterocycles. The van der Waals surface area contributed by atoms with Crippen LogP contribution in [0.1, 0.15) is 0 Å². The third-order valence-electron chi connectivity index (χ3n) is 2.82. The number of non-ortho nitro benzene ring substituents is 1. The van der Waals surface area contributed by atoms with Crippen molar-refractivity contribution in [2.45, 2.75) is 0 Å². The first-order valence-electron chi connectivity index (χ1n) is 6.51. The molecule has 0 bridgehead atoms. The number of nitrogens with zero attached hydrogens (tertiary/aromatic N) is 1. The SMILES string of the molecule is COc1ccc([N+](=O)[O-])cc1OC(=O)COc1ccc(Cl)cc1Cl. The van der Waals surface area contributed by atoms with Crippen molar-refractivity contribution in [1.82, 2.24) is 0 Å². The van der Waals surface area contributed by atoms with Gasteiger partial charge in [0.15, 0.2) is 18.1 Å². The molecule has 0 spiro atoms. The lowest BCUT2D eigenvalue weighted by atomic mass is 10.3. The molecule has 9 heteroatoms. The van der Waals surface area contributed by atoms with Crippen molar-refractivity contribution in [3.8, 4) is 17.2 Å². The van der Waals surface area contributed by atoms with Crippen LogP contribution in [0.4, 0.5) is 5.69 Å². The summed E-state index contributed by atoms with van der Waals surface area (Å²) < 4.78 is 15.3. The topological polar surface area (TPSA) is 87.9 Å². The Hall–Kier alpha value is -2.51. The quantitative estimate of drug-likeness (QED) is 0.331. The Morgan fingerprint density at radius 3 is 2.46 bits per heavy atom. The van der Waals surface area contributed by atoms with Crippen LogP contribution in [-0.4, -0.2) is 24.6 Å². The van der Waals surface area contributed by atoms with Crippen LogP contribution >= 0.6 is 23.2 Å². The fraction of sp³-hybridized carbons (Fsp3) is 0.133. The number of carbonyl (C=O) groups excluding carboxylic acids is 1. The largest absolute Gasteiger partial charge is 0.493 e. The molecule has 0 N–H and O–H groups in total. The molecular formula is C15H11Cl2NO6. The molecule has 2 aromatic rings. The van der Waals surface area contributed by atoms with Gasteiger partial charge in [0.2, 0.25) is 0 Å². The van der Waals surface area contributed by atoms with Gasteiger partial charge in [-0.25, -0.2) is 4.79 Å². The van der Waals surface area contributed by atoms with Gasteiger partial charge in [-0.1, -0.05) is 23.2 Å². The van der Waals surface area contributed by atoms with Crippen LogP contribution in [0.5, 0.6) is 17.2 Å². The van der Waals surface area contributed by atoms with E-state index in [1.54, 1.807) is 6.07 Å². The highest BCUT2D eigenvalue weighted by atomic mass is 35.5. The van der Waals surface area contributed by atoms with Crippen LogP contribution in [0.15, 0.2) is 36.4 Å². The zero-order valence-corrected chi connectivity index (χ0v) is 13.8. The molecule has 24 heavy (non-hydrogen) atoms. The second-order valence-electron chi connectivity index (χ2n) is 4.43. The number of hydrogen-bond donors (Lipinski definition) is 0. The summed E-state index contributed by atoms with van der Waals surface area (Å²) in [6.07, 6.45) is 0. The first-order valence-corrected chi connectivity index (χ1v) is 7.27. The minimum atomic E-state index is -0.778. The number of nitro groups is 1. The van der Waals surface area contributed by atoms with E-state index in [2.05, 4.69) is 0 Å². The Kier molecular flexibility index (Phi) is 5.83. The lowest BCUT2D eigenvalue weighted by molar-refractivity contribution is -0.384. The molecule has 0 saturated carbocycles. The van der Waals surface area contributed by atoms with E-state index in [1.165, 1.54) is 31.4 Å². The van der Waals surface area contributed by atoms with Gasteiger partial charge in [0, 0.05) is 11.1 Å². The van der Waals surface area contributed by atoms with Gasteiger partial charge >= 0.3 is 5.97 Å². The fourth-order valence-electron chi connectivity index (χ4n) is 1.74. The van der Waals surface area contributed by atoms with Crippen molar-refractivity contribution in [1.29, 1.82) is 0 Å². The number of benzene rings is 2. The number of halogens is 2. The Morgan fingerprint density at radius 1 is 1.12 bits per heavy atom. The average Bonchev–Trinajstić information content (AvgIpc) is 2.53. The summed E-state index contributed by atoms with van der Waals surface area (Å²) in [4.78, 5) is 22.0. The van der Waals surface area contributed by atoms with Gasteiger partial charge in [-0.05, 0) is 24.3 Å². The number of rotatable bonds is 6. The Labute approximate surface area is 146 Å². The molecule has 0 saturated heterocycles. The number of methoxy groups -OCH3 is 1. The maximum Gasteiger partial charge on any atom is 0.349 e. The summed E-state index contributed by atoms with van der Waals surface area (Å²) in [5, 5.41) is 11.5. The lowest BCUT2D eigenvalue weighted by Crippen LogP contribution is -2.18. The van der Waals surface area contributed by atoms with Gasteiger partial charge in [-0.15, -0.1) is 0 Å². The molecule has 0 atom stereocenters. The van der Waals surface area contributed by atoms with Gasteiger partial charge in [-0.3, -0.25) is 10.1 Å². The Morgan fingerprint density at radius 2 is 1.83 bits per heavy atom. The van der Waals surface area contributed by atoms with E-state index in [9.17, 15) is 14.9 Å². The zero-order valence-electron chi connectivity index (χ0n) is 12.3. The molecular weight excluding hydrogens is 361 g/mol. The molecule has 0 aromatic heterocycles. The van der Waals surface area contributed by atoms with Crippen molar-refractivity contribution in [3.63, 3.8) is 0 Å². The van der Waals surface area contributed by atoms with Gasteiger partial charge < -0.3 is 14.2 Å². The van der Waals surface area contributed by atoms with Crippen LogP contribution in [0.2, 0.25) is 10.0 Å². The highest BCUT2D eigenvalue weighted by Crippen LogP contribution is 2.31. The molecule has 7 nitrogen and oxygen atoms in total. The normalized spacial score (nSPS) is 10.1. The molecule has 0 aliphatic heterocycles. The van der Waals surface area contributed by atoms with Crippen LogP contribution in [0.3, 0.4) is 0 Å². The maximum atomic E-state index is 11.9. The lowest BCUT2D eigenvalue weighted by Gasteiger charge is -2.10. The summed E-state index contributed by atoms with van der Waals surface area (Å²) in [7, 11) is 1.35. The predicted molar refractivity (Wildman–Crippen MR) is 87.2 cm³/mol. The van der Waals surface area contributed by atoms with Gasteiger partial charge in [0.1, 0.15) is 5.75 Å². The van der Waals surface area contributed by atoms with E-state index in [0.717, 1.165) is 6.07 Å². The van der Waals surface area contributed by atoms with Crippen molar-refractivity contribution in [3.05, 3.63) is 56.6 Å². The molecule has 0 aliphatic rings. The van der Waals surface area contributed by atoms with E-state index < -0.39 is 17.5 Å². The summed E-state index contributed by atoms with van der Waals surface area (Å²) in [5.41, 5.74) is -0.236. The summed E-state index contributed by atoms with van der Waals surface area (Å²) in [6.45, 7) is -0.451. The number of nitro benzene ring substituents is 1. The molecule has 126 valence electrons. The smallest absolute Gasteiger partial charge is 0.349 e. The molecule has 0 unspecified atom stereocenters. The van der Waals surface area contributed by atoms with Crippen molar-refractivity contribution < 1.29 is 23.9 Å². The summed E-state index contributed by atoms with van der Waals surface area (Å²) in [5.74, 6) is -0.426.